The molecule has 1 atom stereocenters. The SMILES string of the molecule is COC(CN)CC(=O)Nc1ccc(Cl)cc1NC(=O)c1ccco1.Cl. The third-order valence-corrected chi connectivity index (χ3v) is 3.49. The van der Waals surface area contributed by atoms with Gasteiger partial charge in [-0.15, -0.1) is 12.4 Å². The summed E-state index contributed by atoms with van der Waals surface area (Å²) in [6, 6.07) is 7.88. The quantitative estimate of drug-likeness (QED) is 0.676. The number of halogens is 2. The van der Waals surface area contributed by atoms with Gasteiger partial charge in [-0.2, -0.15) is 0 Å². The molecule has 2 rings (SSSR count). The average Bonchev–Trinajstić information content (AvgIpc) is 3.09. The van der Waals surface area contributed by atoms with Gasteiger partial charge in [0.2, 0.25) is 5.91 Å². The second-order valence-electron chi connectivity index (χ2n) is 4.97. The molecule has 9 heteroatoms. The first-order valence-electron chi connectivity index (χ1n) is 7.20. The van der Waals surface area contributed by atoms with Crippen molar-refractivity contribution in [1.29, 1.82) is 0 Å². The van der Waals surface area contributed by atoms with Crippen LogP contribution in [0.15, 0.2) is 41.0 Å². The van der Waals surface area contributed by atoms with Crippen molar-refractivity contribution in [1.82, 2.24) is 0 Å². The van der Waals surface area contributed by atoms with Crippen LogP contribution in [-0.4, -0.2) is 31.6 Å². The summed E-state index contributed by atoms with van der Waals surface area (Å²) in [6.45, 7) is 0.229. The summed E-state index contributed by atoms with van der Waals surface area (Å²) in [5.41, 5.74) is 6.28. The zero-order valence-electron chi connectivity index (χ0n) is 13.5. The van der Waals surface area contributed by atoms with Crippen molar-refractivity contribution in [2.24, 2.45) is 5.73 Å². The lowest BCUT2D eigenvalue weighted by Crippen LogP contribution is -2.28. The number of rotatable bonds is 7. The van der Waals surface area contributed by atoms with E-state index in [4.69, 9.17) is 26.5 Å². The number of hydrogen-bond acceptors (Lipinski definition) is 5. The molecule has 2 aromatic rings. The highest BCUT2D eigenvalue weighted by atomic mass is 35.5. The van der Waals surface area contributed by atoms with Gasteiger partial charge in [0.25, 0.3) is 5.91 Å². The van der Waals surface area contributed by atoms with Gasteiger partial charge in [-0.1, -0.05) is 11.6 Å². The van der Waals surface area contributed by atoms with E-state index in [1.54, 1.807) is 18.2 Å². The highest BCUT2D eigenvalue weighted by Gasteiger charge is 2.16. The monoisotopic (exact) mass is 387 g/mol. The van der Waals surface area contributed by atoms with Crippen LogP contribution in [0.25, 0.3) is 0 Å². The van der Waals surface area contributed by atoms with Crippen LogP contribution in [0.2, 0.25) is 5.02 Å². The fraction of sp³-hybridized carbons (Fsp3) is 0.250. The van der Waals surface area contributed by atoms with Crippen LogP contribution in [0.5, 0.6) is 0 Å². The minimum Gasteiger partial charge on any atom is -0.459 e. The van der Waals surface area contributed by atoms with E-state index in [1.165, 1.54) is 25.5 Å². The van der Waals surface area contributed by atoms with E-state index in [9.17, 15) is 9.59 Å². The van der Waals surface area contributed by atoms with Gasteiger partial charge in [0.1, 0.15) is 0 Å². The van der Waals surface area contributed by atoms with Crippen LogP contribution in [-0.2, 0) is 9.53 Å². The van der Waals surface area contributed by atoms with Crippen molar-refractivity contribution in [3.63, 3.8) is 0 Å². The van der Waals surface area contributed by atoms with Gasteiger partial charge in [-0.25, -0.2) is 0 Å². The highest BCUT2D eigenvalue weighted by Crippen LogP contribution is 2.26. The van der Waals surface area contributed by atoms with E-state index in [-0.39, 0.29) is 43.1 Å². The van der Waals surface area contributed by atoms with Crippen LogP contribution in [0, 0.1) is 0 Å². The molecule has 1 aromatic carbocycles. The minimum absolute atomic E-state index is 0. The maximum Gasteiger partial charge on any atom is 0.291 e. The molecule has 0 radical (unpaired) electrons. The molecule has 0 fully saturated rings. The Balaban J connectivity index is 0.00000312. The average molecular weight is 388 g/mol. The third-order valence-electron chi connectivity index (χ3n) is 3.26. The normalized spacial score (nSPS) is 11.3. The van der Waals surface area contributed by atoms with E-state index < -0.39 is 5.91 Å². The molecule has 0 aliphatic rings. The third kappa shape index (κ3) is 6.06. The molecule has 136 valence electrons. The van der Waals surface area contributed by atoms with Gasteiger partial charge in [0.05, 0.1) is 30.2 Å². The number of carbonyl (C=O) groups is 2. The molecule has 25 heavy (non-hydrogen) atoms. The topological polar surface area (TPSA) is 107 Å². The predicted octanol–water partition coefficient (Wildman–Crippen LogP) is 2.91. The van der Waals surface area contributed by atoms with Crippen LogP contribution in [0.1, 0.15) is 17.0 Å². The van der Waals surface area contributed by atoms with E-state index in [0.29, 0.717) is 16.4 Å². The lowest BCUT2D eigenvalue weighted by atomic mass is 10.2. The lowest BCUT2D eigenvalue weighted by Gasteiger charge is -2.15. The minimum atomic E-state index is -0.450. The zero-order chi connectivity index (χ0) is 17.5. The highest BCUT2D eigenvalue weighted by molar-refractivity contribution is 6.31. The fourth-order valence-corrected chi connectivity index (χ4v) is 2.16. The van der Waals surface area contributed by atoms with Gasteiger partial charge >= 0.3 is 0 Å². The van der Waals surface area contributed by atoms with Crippen LogP contribution < -0.4 is 16.4 Å². The second-order valence-corrected chi connectivity index (χ2v) is 5.40. The van der Waals surface area contributed by atoms with Gasteiger partial charge in [-0.3, -0.25) is 9.59 Å². The Morgan fingerprint density at radius 1 is 1.28 bits per heavy atom. The number of ether oxygens (including phenoxy) is 1. The molecule has 1 aromatic heterocycles. The number of anilines is 2. The van der Waals surface area contributed by atoms with Crippen molar-refractivity contribution in [2.45, 2.75) is 12.5 Å². The molecule has 0 spiro atoms. The zero-order valence-corrected chi connectivity index (χ0v) is 15.0. The van der Waals surface area contributed by atoms with E-state index in [0.717, 1.165) is 0 Å². The summed E-state index contributed by atoms with van der Waals surface area (Å²) >= 11 is 5.97. The number of amides is 2. The number of furan rings is 1. The Kier molecular flexibility index (Phi) is 8.44. The summed E-state index contributed by atoms with van der Waals surface area (Å²) in [6.07, 6.45) is 1.12. The largest absolute Gasteiger partial charge is 0.459 e. The molecule has 0 saturated heterocycles. The molecule has 0 bridgehead atoms. The standard InChI is InChI=1S/C16H18ClN3O4.ClH/c1-23-11(9-18)8-15(21)19-12-5-4-10(17)7-13(12)20-16(22)14-3-2-6-24-14;/h2-7,11H,8-9,18H2,1H3,(H,19,21)(H,20,22);1H. The number of hydrogen-bond donors (Lipinski definition) is 3. The van der Waals surface area contributed by atoms with Crippen molar-refractivity contribution in [3.05, 3.63) is 47.4 Å². The first-order chi connectivity index (χ1) is 11.5. The molecule has 0 saturated carbocycles. The van der Waals surface area contributed by atoms with Crippen molar-refractivity contribution in [2.75, 3.05) is 24.3 Å². The molecule has 0 aliphatic carbocycles. The second kappa shape index (κ2) is 10.0. The van der Waals surface area contributed by atoms with E-state index in [2.05, 4.69) is 10.6 Å². The number of nitrogens with two attached hydrogens (primary N) is 1. The number of nitrogens with one attached hydrogen (secondary N) is 2. The van der Waals surface area contributed by atoms with Gasteiger partial charge in [-0.05, 0) is 30.3 Å². The lowest BCUT2D eigenvalue weighted by molar-refractivity contribution is -0.118. The Hall–Kier alpha value is -2.06. The number of benzene rings is 1. The molecule has 0 aliphatic heterocycles. The first-order valence-corrected chi connectivity index (χ1v) is 7.58. The van der Waals surface area contributed by atoms with E-state index >= 15 is 0 Å². The Bertz CT molecular complexity index is 703. The molecule has 4 N–H and O–H groups in total. The van der Waals surface area contributed by atoms with Crippen LogP contribution in [0.3, 0.4) is 0 Å². The van der Waals surface area contributed by atoms with Crippen molar-refractivity contribution < 1.29 is 18.7 Å². The van der Waals surface area contributed by atoms with Crippen LogP contribution >= 0.6 is 24.0 Å². The fourth-order valence-electron chi connectivity index (χ4n) is 1.99. The molecule has 1 heterocycles. The van der Waals surface area contributed by atoms with Crippen molar-refractivity contribution in [3.8, 4) is 0 Å². The molecule has 7 nitrogen and oxygen atoms in total. The summed E-state index contributed by atoms with van der Waals surface area (Å²) in [7, 11) is 1.49. The molecule has 1 unspecified atom stereocenters. The van der Waals surface area contributed by atoms with Crippen LogP contribution in [0.4, 0.5) is 11.4 Å². The van der Waals surface area contributed by atoms with Gasteiger partial charge in [0.15, 0.2) is 5.76 Å². The summed E-state index contributed by atoms with van der Waals surface area (Å²) in [4.78, 5) is 24.2. The maximum atomic E-state index is 12.1. The Labute approximate surface area is 156 Å². The first kappa shape index (κ1) is 21.0. The van der Waals surface area contributed by atoms with Gasteiger partial charge in [0, 0.05) is 18.7 Å². The summed E-state index contributed by atoms with van der Waals surface area (Å²) in [5, 5.41) is 5.78. The number of carbonyl (C=O) groups excluding carboxylic acids is 2. The predicted molar refractivity (Wildman–Crippen MR) is 98.5 cm³/mol. The molecular formula is C16H19Cl2N3O4. The number of methoxy groups -OCH3 is 1. The smallest absolute Gasteiger partial charge is 0.291 e. The Morgan fingerprint density at radius 2 is 2.04 bits per heavy atom. The van der Waals surface area contributed by atoms with Gasteiger partial charge < -0.3 is 25.5 Å². The Morgan fingerprint density at radius 3 is 2.64 bits per heavy atom. The van der Waals surface area contributed by atoms with E-state index in [1.807, 2.05) is 0 Å². The summed E-state index contributed by atoms with van der Waals surface area (Å²) < 4.78 is 10.1. The maximum absolute atomic E-state index is 12.1. The summed E-state index contributed by atoms with van der Waals surface area (Å²) in [5.74, 6) is -0.590. The molecular weight excluding hydrogens is 369 g/mol. The van der Waals surface area contributed by atoms with Crippen molar-refractivity contribution >= 4 is 47.2 Å². The molecule has 2 amide bonds.